The summed E-state index contributed by atoms with van der Waals surface area (Å²) in [6.07, 6.45) is 2.19. The lowest BCUT2D eigenvalue weighted by molar-refractivity contribution is -0.131. The van der Waals surface area contributed by atoms with Crippen LogP contribution in [0.2, 0.25) is 0 Å². The van der Waals surface area contributed by atoms with E-state index >= 15 is 0 Å². The van der Waals surface area contributed by atoms with E-state index in [1.165, 1.54) is 13.0 Å². The van der Waals surface area contributed by atoms with Gasteiger partial charge in [-0.05, 0) is 79.8 Å². The number of aliphatic hydroxyl groups excluding tert-OH is 2. The van der Waals surface area contributed by atoms with Crippen molar-refractivity contribution in [2.45, 2.75) is 51.9 Å². The van der Waals surface area contributed by atoms with Crippen molar-refractivity contribution in [3.8, 4) is 16.9 Å². The second kappa shape index (κ2) is 14.3. The van der Waals surface area contributed by atoms with E-state index in [1.807, 2.05) is 24.3 Å². The van der Waals surface area contributed by atoms with E-state index in [-0.39, 0.29) is 66.6 Å². The number of rotatable bonds is 15. The van der Waals surface area contributed by atoms with Crippen LogP contribution in [0, 0.1) is 17.8 Å². The Morgan fingerprint density at radius 3 is 2.38 bits per heavy atom. The molecular weight excluding hydrogens is 498 g/mol. The minimum atomic E-state index is -0.784. The standard InChI is InChI=1S/C31H39NO7/c1-19(35)13-29(38)27(18-34)23(11-12-33)14-21-15-26-25(9-10-28(37)31(26)30(39)16-21)22-6-3-20(4-7-22)5-8-24(36)17-32-2/h3-4,6-7,9-10,21,23,27,32-34,37H,5,8,11-18H2,1-2H3. The van der Waals surface area contributed by atoms with Crippen molar-refractivity contribution < 1.29 is 34.5 Å². The van der Waals surface area contributed by atoms with E-state index < -0.39 is 12.5 Å². The molecule has 8 nitrogen and oxygen atoms in total. The highest BCUT2D eigenvalue weighted by Crippen LogP contribution is 2.41. The Morgan fingerprint density at radius 2 is 1.77 bits per heavy atom. The summed E-state index contributed by atoms with van der Waals surface area (Å²) in [5, 5.41) is 33.0. The van der Waals surface area contributed by atoms with Crippen LogP contribution in [0.5, 0.6) is 5.75 Å². The molecule has 210 valence electrons. The summed E-state index contributed by atoms with van der Waals surface area (Å²) < 4.78 is 0. The van der Waals surface area contributed by atoms with E-state index in [2.05, 4.69) is 5.32 Å². The van der Waals surface area contributed by atoms with Crippen LogP contribution >= 0.6 is 0 Å². The first-order chi connectivity index (χ1) is 18.7. The van der Waals surface area contributed by atoms with E-state index in [0.717, 1.165) is 22.3 Å². The van der Waals surface area contributed by atoms with Crippen molar-refractivity contribution in [2.24, 2.45) is 17.8 Å². The molecule has 4 N–H and O–H groups in total. The smallest absolute Gasteiger partial charge is 0.167 e. The maximum atomic E-state index is 13.2. The number of hydrogen-bond donors (Lipinski definition) is 4. The van der Waals surface area contributed by atoms with Crippen molar-refractivity contribution in [3.05, 3.63) is 53.1 Å². The van der Waals surface area contributed by atoms with Gasteiger partial charge in [0.15, 0.2) is 5.78 Å². The molecule has 2 aromatic carbocycles. The number of phenols is 1. The fourth-order valence-electron chi connectivity index (χ4n) is 5.71. The summed E-state index contributed by atoms with van der Waals surface area (Å²) in [5.74, 6) is -2.04. The number of benzene rings is 2. The number of phenolic OH excluding ortho intramolecular Hbond substituents is 1. The van der Waals surface area contributed by atoms with Gasteiger partial charge in [-0.25, -0.2) is 0 Å². The Labute approximate surface area is 229 Å². The number of likely N-dealkylation sites (N-methyl/N-ethyl adjacent to an activating group) is 1. The van der Waals surface area contributed by atoms with Crippen LogP contribution in [0.15, 0.2) is 36.4 Å². The molecule has 3 atom stereocenters. The molecule has 0 radical (unpaired) electrons. The molecule has 1 aliphatic carbocycles. The van der Waals surface area contributed by atoms with Gasteiger partial charge in [-0.15, -0.1) is 0 Å². The third-order valence-electron chi connectivity index (χ3n) is 7.61. The second-order valence-electron chi connectivity index (χ2n) is 10.6. The third-order valence-corrected chi connectivity index (χ3v) is 7.61. The summed E-state index contributed by atoms with van der Waals surface area (Å²) in [6, 6.07) is 11.2. The molecule has 39 heavy (non-hydrogen) atoms. The average molecular weight is 538 g/mol. The van der Waals surface area contributed by atoms with Crippen LogP contribution in [0.25, 0.3) is 11.1 Å². The number of aryl methyl sites for hydroxylation is 1. The van der Waals surface area contributed by atoms with Crippen LogP contribution in [-0.2, 0) is 27.2 Å². The summed E-state index contributed by atoms with van der Waals surface area (Å²) in [5.41, 5.74) is 3.81. The van der Waals surface area contributed by atoms with E-state index in [1.54, 1.807) is 13.1 Å². The van der Waals surface area contributed by atoms with Gasteiger partial charge in [-0.2, -0.15) is 0 Å². The molecule has 0 amide bonds. The van der Waals surface area contributed by atoms with Gasteiger partial charge in [-0.1, -0.05) is 30.3 Å². The van der Waals surface area contributed by atoms with Crippen LogP contribution in [0.4, 0.5) is 0 Å². The van der Waals surface area contributed by atoms with Crippen LogP contribution in [-0.4, -0.2) is 65.3 Å². The molecule has 0 heterocycles. The van der Waals surface area contributed by atoms with Gasteiger partial charge in [-0.3, -0.25) is 19.2 Å². The highest BCUT2D eigenvalue weighted by Gasteiger charge is 2.35. The van der Waals surface area contributed by atoms with E-state index in [4.69, 9.17) is 0 Å². The zero-order valence-electron chi connectivity index (χ0n) is 22.7. The van der Waals surface area contributed by atoms with E-state index in [9.17, 15) is 34.5 Å². The number of fused-ring (bicyclic) bond motifs is 1. The summed E-state index contributed by atoms with van der Waals surface area (Å²) >= 11 is 0. The average Bonchev–Trinajstić information content (AvgIpc) is 2.88. The SMILES string of the molecule is CNCC(=O)CCc1ccc(-c2ccc(O)c3c2CC(CC(CCO)C(CO)C(=O)CC(C)=O)CC3=O)cc1. The number of aromatic hydroxyl groups is 1. The minimum Gasteiger partial charge on any atom is -0.507 e. The van der Waals surface area contributed by atoms with Crippen LogP contribution in [0.1, 0.15) is 60.5 Å². The summed E-state index contributed by atoms with van der Waals surface area (Å²) in [6.45, 7) is 1.07. The third kappa shape index (κ3) is 7.91. The van der Waals surface area contributed by atoms with Crippen molar-refractivity contribution in [1.29, 1.82) is 0 Å². The highest BCUT2D eigenvalue weighted by molar-refractivity contribution is 6.03. The number of hydrogen-bond acceptors (Lipinski definition) is 8. The van der Waals surface area contributed by atoms with Gasteiger partial charge in [0.1, 0.15) is 23.1 Å². The molecule has 2 aromatic rings. The van der Waals surface area contributed by atoms with Crippen LogP contribution < -0.4 is 5.32 Å². The Morgan fingerprint density at radius 1 is 1.05 bits per heavy atom. The van der Waals surface area contributed by atoms with Gasteiger partial charge in [0.05, 0.1) is 25.1 Å². The fraction of sp³-hybridized carbons (Fsp3) is 0.484. The fourth-order valence-corrected chi connectivity index (χ4v) is 5.71. The molecule has 8 heteroatoms. The first-order valence-electron chi connectivity index (χ1n) is 13.6. The first-order valence-corrected chi connectivity index (χ1v) is 13.6. The molecule has 0 saturated carbocycles. The lowest BCUT2D eigenvalue weighted by atomic mass is 9.72. The number of carbonyl (C=O) groups is 4. The normalized spacial score (nSPS) is 16.4. The van der Waals surface area contributed by atoms with Gasteiger partial charge in [0.25, 0.3) is 0 Å². The van der Waals surface area contributed by atoms with Crippen molar-refractivity contribution in [3.63, 3.8) is 0 Å². The topological polar surface area (TPSA) is 141 Å². The maximum Gasteiger partial charge on any atom is 0.167 e. The predicted octanol–water partition coefficient (Wildman–Crippen LogP) is 3.07. The molecule has 3 unspecified atom stereocenters. The molecule has 0 spiro atoms. The molecular formula is C31H39NO7. The summed E-state index contributed by atoms with van der Waals surface area (Å²) in [4.78, 5) is 49.2. The Balaban J connectivity index is 1.85. The highest BCUT2D eigenvalue weighted by atomic mass is 16.3. The Bertz CT molecular complexity index is 1190. The lowest BCUT2D eigenvalue weighted by Gasteiger charge is -2.31. The molecule has 0 aromatic heterocycles. The first kappa shape index (κ1) is 30.3. The van der Waals surface area contributed by atoms with Gasteiger partial charge < -0.3 is 20.6 Å². The largest absolute Gasteiger partial charge is 0.507 e. The number of Topliss-reactive ketones (excluding diaryl/α,β-unsaturated/α-hetero) is 4. The monoisotopic (exact) mass is 537 g/mol. The molecule has 0 aliphatic heterocycles. The predicted molar refractivity (Wildman–Crippen MR) is 148 cm³/mol. The van der Waals surface area contributed by atoms with Crippen molar-refractivity contribution in [1.82, 2.24) is 5.32 Å². The summed E-state index contributed by atoms with van der Waals surface area (Å²) in [7, 11) is 1.74. The number of ketones is 4. The lowest BCUT2D eigenvalue weighted by Crippen LogP contribution is -2.32. The minimum absolute atomic E-state index is 0.0614. The zero-order valence-corrected chi connectivity index (χ0v) is 22.7. The maximum absolute atomic E-state index is 13.2. The zero-order chi connectivity index (χ0) is 28.5. The van der Waals surface area contributed by atoms with Crippen molar-refractivity contribution >= 4 is 23.1 Å². The van der Waals surface area contributed by atoms with Crippen molar-refractivity contribution in [2.75, 3.05) is 26.8 Å². The molecule has 0 bridgehead atoms. The van der Waals surface area contributed by atoms with Gasteiger partial charge in [0.2, 0.25) is 0 Å². The number of nitrogens with one attached hydrogen (secondary N) is 1. The number of aliphatic hydroxyl groups is 2. The molecule has 3 rings (SSSR count). The molecule has 1 aliphatic rings. The van der Waals surface area contributed by atoms with Gasteiger partial charge >= 0.3 is 0 Å². The second-order valence-corrected chi connectivity index (χ2v) is 10.6. The van der Waals surface area contributed by atoms with Gasteiger partial charge in [0, 0.05) is 25.4 Å². The van der Waals surface area contributed by atoms with Crippen LogP contribution in [0.3, 0.4) is 0 Å². The Kier molecular flexibility index (Phi) is 11.1. The number of carbonyl (C=O) groups excluding carboxylic acids is 4. The molecule has 0 fully saturated rings. The Hall–Kier alpha value is -3.20. The molecule has 0 saturated heterocycles. The van der Waals surface area contributed by atoms with E-state index in [0.29, 0.717) is 37.8 Å². The quantitative estimate of drug-likeness (QED) is 0.254.